The van der Waals surface area contributed by atoms with Crippen LogP contribution in [0.2, 0.25) is 0 Å². The predicted octanol–water partition coefficient (Wildman–Crippen LogP) is 6.12. The lowest BCUT2D eigenvalue weighted by Crippen LogP contribution is -2.57. The molecule has 47 heavy (non-hydrogen) atoms. The van der Waals surface area contributed by atoms with Gasteiger partial charge >= 0.3 is 0 Å². The highest BCUT2D eigenvalue weighted by Gasteiger charge is 2.54. The van der Waals surface area contributed by atoms with Crippen LogP contribution in [-0.2, 0) is 16.0 Å². The molecule has 0 saturated carbocycles. The van der Waals surface area contributed by atoms with E-state index < -0.39 is 5.54 Å². The number of rotatable bonds is 7. The van der Waals surface area contributed by atoms with Crippen LogP contribution in [0.3, 0.4) is 0 Å². The molecule has 3 heterocycles. The minimum absolute atomic E-state index is 0.00650. The summed E-state index contributed by atoms with van der Waals surface area (Å²) in [6.45, 7) is 2.87. The number of amides is 3. The number of likely N-dealkylation sites (tertiary alicyclic amines) is 2. The summed E-state index contributed by atoms with van der Waals surface area (Å²) in [6.07, 6.45) is 4.04. The number of nitrogens with zero attached hydrogens (tertiary/aromatic N) is 4. The maximum Gasteiger partial charge on any atom is 0.253 e. The summed E-state index contributed by atoms with van der Waals surface area (Å²) in [4.78, 5) is 49.1. The van der Waals surface area contributed by atoms with Gasteiger partial charge in [-0.15, -0.1) is 0 Å². The van der Waals surface area contributed by atoms with Gasteiger partial charge in [-0.3, -0.25) is 14.4 Å². The maximum absolute atomic E-state index is 14.3. The molecular formula is C40H42N4O3. The fourth-order valence-corrected chi connectivity index (χ4v) is 7.62. The van der Waals surface area contributed by atoms with E-state index in [1.54, 1.807) is 4.90 Å². The first-order chi connectivity index (χ1) is 23.0. The molecule has 3 fully saturated rings. The van der Waals surface area contributed by atoms with E-state index in [0.717, 1.165) is 49.2 Å². The summed E-state index contributed by atoms with van der Waals surface area (Å²) < 4.78 is 0. The molecule has 4 aromatic rings. The first kappa shape index (κ1) is 30.7. The van der Waals surface area contributed by atoms with Crippen LogP contribution < -0.4 is 4.90 Å². The Labute approximate surface area is 277 Å². The summed E-state index contributed by atoms with van der Waals surface area (Å²) in [5.41, 5.74) is 4.37. The van der Waals surface area contributed by atoms with Crippen molar-refractivity contribution in [1.82, 2.24) is 14.7 Å². The van der Waals surface area contributed by atoms with Crippen LogP contribution in [0.1, 0.15) is 41.6 Å². The molecular weight excluding hydrogens is 584 g/mol. The molecule has 3 saturated heterocycles. The molecule has 0 unspecified atom stereocenters. The molecule has 3 aliphatic heterocycles. The minimum atomic E-state index is -0.780. The molecule has 4 aromatic carbocycles. The second-order valence-corrected chi connectivity index (χ2v) is 13.2. The zero-order valence-corrected chi connectivity index (χ0v) is 26.8. The van der Waals surface area contributed by atoms with E-state index in [1.807, 2.05) is 88.7 Å². The minimum Gasteiger partial charge on any atom is -0.341 e. The van der Waals surface area contributed by atoms with E-state index in [2.05, 4.69) is 41.3 Å². The van der Waals surface area contributed by atoms with Crippen molar-refractivity contribution >= 4 is 23.4 Å². The molecule has 7 heteroatoms. The number of carbonyl (C=O) groups is 3. The van der Waals surface area contributed by atoms with E-state index in [4.69, 9.17) is 0 Å². The Morgan fingerprint density at radius 2 is 1.23 bits per heavy atom. The lowest BCUT2D eigenvalue weighted by atomic mass is 9.85. The molecule has 0 radical (unpaired) electrons. The Morgan fingerprint density at radius 3 is 1.87 bits per heavy atom. The monoisotopic (exact) mass is 626 g/mol. The van der Waals surface area contributed by atoms with Gasteiger partial charge in [0.2, 0.25) is 5.91 Å². The van der Waals surface area contributed by atoms with Crippen LogP contribution >= 0.6 is 0 Å². The fourth-order valence-electron chi connectivity index (χ4n) is 7.62. The van der Waals surface area contributed by atoms with Crippen LogP contribution in [0.5, 0.6) is 0 Å². The third kappa shape index (κ3) is 6.39. The Bertz CT molecular complexity index is 1680. The van der Waals surface area contributed by atoms with Crippen LogP contribution in [0.15, 0.2) is 115 Å². The van der Waals surface area contributed by atoms with Gasteiger partial charge in [0, 0.05) is 37.4 Å². The Balaban J connectivity index is 1.00. The number of anilines is 1. The zero-order valence-electron chi connectivity index (χ0n) is 26.8. The summed E-state index contributed by atoms with van der Waals surface area (Å²) in [5.74, 6) is 0.571. The molecule has 0 aliphatic carbocycles. The summed E-state index contributed by atoms with van der Waals surface area (Å²) in [5, 5.41) is 0. The van der Waals surface area contributed by atoms with Crippen LogP contribution in [0, 0.1) is 5.92 Å². The predicted molar refractivity (Wildman–Crippen MR) is 185 cm³/mol. The van der Waals surface area contributed by atoms with Crippen molar-refractivity contribution in [3.8, 4) is 11.1 Å². The largest absolute Gasteiger partial charge is 0.341 e. The Hall–Kier alpha value is -4.91. The number of piperidine rings is 2. The third-order valence-electron chi connectivity index (χ3n) is 10.4. The highest BCUT2D eigenvalue weighted by Crippen LogP contribution is 2.40. The second-order valence-electron chi connectivity index (χ2n) is 13.2. The standard InChI is InChI=1S/C40H42N4O3/c45-37(41-24-20-32(21-25-41)28-31-10-4-1-5-11-31)29-43-30-44(36-14-8-3-9-15-36)40(39(43)47)22-26-42(27-23-40)38(46)35-18-16-34(17-19-35)33-12-6-2-7-13-33/h1-19,32H,20-30H2. The number of hydrogen-bond acceptors (Lipinski definition) is 4. The van der Waals surface area contributed by atoms with Crippen LogP contribution in [0.4, 0.5) is 5.69 Å². The lowest BCUT2D eigenvalue weighted by Gasteiger charge is -2.43. The van der Waals surface area contributed by atoms with E-state index in [1.165, 1.54) is 5.56 Å². The molecule has 0 atom stereocenters. The molecule has 0 N–H and O–H groups in total. The fraction of sp³-hybridized carbons (Fsp3) is 0.325. The van der Waals surface area contributed by atoms with Crippen molar-refractivity contribution in [2.45, 2.75) is 37.6 Å². The first-order valence-electron chi connectivity index (χ1n) is 16.9. The van der Waals surface area contributed by atoms with Crippen molar-refractivity contribution in [3.63, 3.8) is 0 Å². The highest BCUT2D eigenvalue weighted by atomic mass is 16.2. The lowest BCUT2D eigenvalue weighted by molar-refractivity contribution is -0.141. The van der Waals surface area contributed by atoms with Gasteiger partial charge in [-0.05, 0) is 79.0 Å². The molecule has 3 amide bonds. The van der Waals surface area contributed by atoms with Gasteiger partial charge in [0.15, 0.2) is 0 Å². The molecule has 3 aliphatic rings. The zero-order chi connectivity index (χ0) is 32.2. The van der Waals surface area contributed by atoms with Crippen molar-refractivity contribution in [2.24, 2.45) is 5.92 Å². The third-order valence-corrected chi connectivity index (χ3v) is 10.4. The average Bonchev–Trinajstić information content (AvgIpc) is 3.39. The van der Waals surface area contributed by atoms with Crippen molar-refractivity contribution < 1.29 is 14.4 Å². The SMILES string of the molecule is O=C(CN1CN(c2ccccc2)C2(CCN(C(=O)c3ccc(-c4ccccc4)cc3)CC2)C1=O)N1CCC(Cc2ccccc2)CC1. The van der Waals surface area contributed by atoms with Gasteiger partial charge in [0.1, 0.15) is 12.1 Å². The number of hydrogen-bond donors (Lipinski definition) is 0. The van der Waals surface area contributed by atoms with E-state index >= 15 is 0 Å². The normalized spacial score (nSPS) is 18.2. The van der Waals surface area contributed by atoms with E-state index in [-0.39, 0.29) is 24.3 Å². The van der Waals surface area contributed by atoms with Gasteiger partial charge < -0.3 is 19.6 Å². The molecule has 0 bridgehead atoms. The number of para-hydroxylation sites is 1. The quantitative estimate of drug-likeness (QED) is 0.248. The molecule has 0 aromatic heterocycles. The number of benzene rings is 4. The van der Waals surface area contributed by atoms with Gasteiger partial charge in [-0.1, -0.05) is 91.0 Å². The van der Waals surface area contributed by atoms with Crippen molar-refractivity contribution in [2.75, 3.05) is 44.3 Å². The number of carbonyl (C=O) groups excluding carboxylic acids is 3. The van der Waals surface area contributed by atoms with E-state index in [9.17, 15) is 14.4 Å². The Morgan fingerprint density at radius 1 is 0.660 bits per heavy atom. The Kier molecular flexibility index (Phi) is 8.79. The van der Waals surface area contributed by atoms with E-state index in [0.29, 0.717) is 44.1 Å². The molecule has 1 spiro atoms. The van der Waals surface area contributed by atoms with Gasteiger partial charge in [-0.25, -0.2) is 0 Å². The summed E-state index contributed by atoms with van der Waals surface area (Å²) in [6, 6.07) is 38.5. The highest BCUT2D eigenvalue weighted by molar-refractivity contribution is 5.98. The van der Waals surface area contributed by atoms with Gasteiger partial charge in [0.05, 0.1) is 6.67 Å². The van der Waals surface area contributed by atoms with Crippen molar-refractivity contribution in [3.05, 3.63) is 126 Å². The summed E-state index contributed by atoms with van der Waals surface area (Å²) in [7, 11) is 0. The smallest absolute Gasteiger partial charge is 0.253 e. The molecule has 240 valence electrons. The van der Waals surface area contributed by atoms with Crippen LogP contribution in [-0.4, -0.2) is 77.4 Å². The molecule has 7 nitrogen and oxygen atoms in total. The maximum atomic E-state index is 14.3. The van der Waals surface area contributed by atoms with Crippen LogP contribution in [0.25, 0.3) is 11.1 Å². The van der Waals surface area contributed by atoms with Gasteiger partial charge in [0.25, 0.3) is 11.8 Å². The van der Waals surface area contributed by atoms with Gasteiger partial charge in [-0.2, -0.15) is 0 Å². The molecule has 7 rings (SSSR count). The summed E-state index contributed by atoms with van der Waals surface area (Å²) >= 11 is 0. The average molecular weight is 627 g/mol. The second kappa shape index (κ2) is 13.4. The topological polar surface area (TPSA) is 64.2 Å². The first-order valence-corrected chi connectivity index (χ1v) is 16.9. The van der Waals surface area contributed by atoms with Crippen molar-refractivity contribution in [1.29, 1.82) is 0 Å².